The van der Waals surface area contributed by atoms with Crippen molar-refractivity contribution in [1.29, 1.82) is 0 Å². The zero-order chi connectivity index (χ0) is 19.2. The first kappa shape index (κ1) is 18.8. The van der Waals surface area contributed by atoms with Crippen molar-refractivity contribution in [3.05, 3.63) is 59.7 Å². The minimum Gasteiger partial charge on any atom is -0.490 e. The van der Waals surface area contributed by atoms with E-state index in [-0.39, 0.29) is 5.91 Å². The maximum absolute atomic E-state index is 12.6. The summed E-state index contributed by atoms with van der Waals surface area (Å²) < 4.78 is 17.1. The highest BCUT2D eigenvalue weighted by Gasteiger charge is 2.26. The van der Waals surface area contributed by atoms with E-state index >= 15 is 0 Å². The third kappa shape index (κ3) is 4.82. The van der Waals surface area contributed by atoms with Gasteiger partial charge in [-0.25, -0.2) is 0 Å². The minimum atomic E-state index is -0.446. The van der Waals surface area contributed by atoms with E-state index in [1.165, 1.54) is 5.56 Å². The lowest BCUT2D eigenvalue weighted by atomic mass is 10.1. The smallest absolute Gasteiger partial charge is 0.250 e. The first-order chi connectivity index (χ1) is 13.8. The number of rotatable bonds is 5. The van der Waals surface area contributed by atoms with Crippen LogP contribution < -0.4 is 14.8 Å². The molecular formula is C22H26N2O4. The van der Waals surface area contributed by atoms with Gasteiger partial charge < -0.3 is 19.5 Å². The molecule has 1 amide bonds. The van der Waals surface area contributed by atoms with E-state index in [0.717, 1.165) is 36.6 Å². The summed E-state index contributed by atoms with van der Waals surface area (Å²) in [5, 5.41) is 2.99. The lowest BCUT2D eigenvalue weighted by Crippen LogP contribution is -2.49. The fraction of sp³-hybridized carbons (Fsp3) is 0.409. The van der Waals surface area contributed by atoms with E-state index in [4.69, 9.17) is 14.2 Å². The number of ether oxygens (including phenoxy) is 3. The van der Waals surface area contributed by atoms with Crippen molar-refractivity contribution >= 4 is 5.91 Å². The second-order valence-corrected chi connectivity index (χ2v) is 7.13. The van der Waals surface area contributed by atoms with Gasteiger partial charge in [0.25, 0.3) is 5.91 Å². The van der Waals surface area contributed by atoms with Crippen molar-refractivity contribution < 1.29 is 19.0 Å². The molecule has 4 rings (SSSR count). The van der Waals surface area contributed by atoms with Gasteiger partial charge in [-0.15, -0.1) is 0 Å². The highest BCUT2D eigenvalue weighted by Crippen LogP contribution is 2.30. The molecule has 6 heteroatoms. The Hall–Kier alpha value is -2.57. The van der Waals surface area contributed by atoms with Gasteiger partial charge in [-0.05, 0) is 23.3 Å². The fourth-order valence-corrected chi connectivity index (χ4v) is 3.47. The molecule has 0 saturated carbocycles. The highest BCUT2D eigenvalue weighted by molar-refractivity contribution is 5.81. The molecule has 6 nitrogen and oxygen atoms in total. The summed E-state index contributed by atoms with van der Waals surface area (Å²) in [6.07, 6.45) is 0.428. The van der Waals surface area contributed by atoms with Crippen molar-refractivity contribution in [2.24, 2.45) is 0 Å². The number of hydrogen-bond acceptors (Lipinski definition) is 5. The van der Waals surface area contributed by atoms with E-state index in [0.29, 0.717) is 32.9 Å². The number of fused-ring (bicyclic) bond motifs is 1. The molecule has 148 valence electrons. The summed E-state index contributed by atoms with van der Waals surface area (Å²) in [6.45, 7) is 4.58. The molecule has 2 aromatic carbocycles. The van der Waals surface area contributed by atoms with E-state index in [2.05, 4.69) is 22.3 Å². The van der Waals surface area contributed by atoms with E-state index in [1.807, 2.05) is 36.4 Å². The highest BCUT2D eigenvalue weighted by atomic mass is 16.5. The average molecular weight is 382 g/mol. The van der Waals surface area contributed by atoms with Crippen LogP contribution in [0.3, 0.4) is 0 Å². The number of amides is 1. The van der Waals surface area contributed by atoms with Crippen LogP contribution in [0, 0.1) is 0 Å². The van der Waals surface area contributed by atoms with Gasteiger partial charge in [-0.2, -0.15) is 0 Å². The second-order valence-electron chi connectivity index (χ2n) is 7.13. The molecule has 2 heterocycles. The molecule has 1 fully saturated rings. The molecule has 1 unspecified atom stereocenters. The van der Waals surface area contributed by atoms with E-state index < -0.39 is 6.10 Å². The first-order valence-corrected chi connectivity index (χ1v) is 9.82. The quantitative estimate of drug-likeness (QED) is 0.860. The van der Waals surface area contributed by atoms with Gasteiger partial charge in [0.1, 0.15) is 6.10 Å². The predicted molar refractivity (Wildman–Crippen MR) is 105 cm³/mol. The van der Waals surface area contributed by atoms with Crippen LogP contribution in [0.4, 0.5) is 0 Å². The maximum Gasteiger partial charge on any atom is 0.250 e. The average Bonchev–Trinajstić information content (AvgIpc) is 2.98. The Labute approximate surface area is 165 Å². The molecule has 2 aliphatic rings. The van der Waals surface area contributed by atoms with Crippen molar-refractivity contribution in [3.63, 3.8) is 0 Å². The molecule has 28 heavy (non-hydrogen) atoms. The summed E-state index contributed by atoms with van der Waals surface area (Å²) in [5.41, 5.74) is 2.23. The van der Waals surface area contributed by atoms with Crippen LogP contribution in [0.15, 0.2) is 48.5 Å². The van der Waals surface area contributed by atoms with Gasteiger partial charge in [0.15, 0.2) is 11.5 Å². The van der Waals surface area contributed by atoms with Crippen LogP contribution in [0.25, 0.3) is 0 Å². The predicted octanol–water partition coefficient (Wildman–Crippen LogP) is 2.37. The van der Waals surface area contributed by atoms with Crippen LogP contribution in [0.5, 0.6) is 11.5 Å². The van der Waals surface area contributed by atoms with Gasteiger partial charge >= 0.3 is 0 Å². The van der Waals surface area contributed by atoms with Crippen molar-refractivity contribution in [2.45, 2.75) is 25.6 Å². The molecule has 1 atom stereocenters. The Morgan fingerprint density at radius 1 is 1.00 bits per heavy atom. The summed E-state index contributed by atoms with van der Waals surface area (Å²) in [4.78, 5) is 14.9. The minimum absolute atomic E-state index is 0.0788. The summed E-state index contributed by atoms with van der Waals surface area (Å²) >= 11 is 0. The van der Waals surface area contributed by atoms with Crippen LogP contribution >= 0.6 is 0 Å². The Bertz CT molecular complexity index is 796. The SMILES string of the molecule is O=C(NCc1ccc2c(c1)OCCCO2)C1CN(Cc2ccccc2)CCO1. The van der Waals surface area contributed by atoms with Crippen LogP contribution in [0.1, 0.15) is 17.5 Å². The monoisotopic (exact) mass is 382 g/mol. The second kappa shape index (κ2) is 9.08. The molecule has 0 aliphatic carbocycles. The van der Waals surface area contributed by atoms with E-state index in [9.17, 15) is 4.79 Å². The molecule has 0 spiro atoms. The fourth-order valence-electron chi connectivity index (χ4n) is 3.47. The topological polar surface area (TPSA) is 60.0 Å². The molecule has 0 aromatic heterocycles. The summed E-state index contributed by atoms with van der Waals surface area (Å²) in [5.74, 6) is 1.43. The van der Waals surface area contributed by atoms with Crippen LogP contribution in [-0.2, 0) is 22.6 Å². The van der Waals surface area contributed by atoms with Crippen molar-refractivity contribution in [1.82, 2.24) is 10.2 Å². The molecule has 1 saturated heterocycles. The third-order valence-corrected chi connectivity index (χ3v) is 4.97. The maximum atomic E-state index is 12.6. The molecule has 0 bridgehead atoms. The zero-order valence-corrected chi connectivity index (χ0v) is 15.9. The molecule has 2 aromatic rings. The third-order valence-electron chi connectivity index (χ3n) is 4.97. The van der Waals surface area contributed by atoms with Gasteiger partial charge in [-0.1, -0.05) is 36.4 Å². The molecular weight excluding hydrogens is 356 g/mol. The molecule has 2 aliphatic heterocycles. The Balaban J connectivity index is 1.30. The van der Waals surface area contributed by atoms with Gasteiger partial charge in [0, 0.05) is 32.6 Å². The largest absolute Gasteiger partial charge is 0.490 e. The van der Waals surface area contributed by atoms with Crippen molar-refractivity contribution in [2.75, 3.05) is 32.9 Å². The number of morpholine rings is 1. The van der Waals surface area contributed by atoms with Crippen molar-refractivity contribution in [3.8, 4) is 11.5 Å². The number of hydrogen-bond donors (Lipinski definition) is 1. The van der Waals surface area contributed by atoms with Crippen LogP contribution in [-0.4, -0.2) is 49.8 Å². The number of carbonyl (C=O) groups excluding carboxylic acids is 1. The first-order valence-electron chi connectivity index (χ1n) is 9.82. The lowest BCUT2D eigenvalue weighted by Gasteiger charge is -2.32. The zero-order valence-electron chi connectivity index (χ0n) is 15.9. The van der Waals surface area contributed by atoms with Gasteiger partial charge in [0.05, 0.1) is 19.8 Å². The number of nitrogens with zero attached hydrogens (tertiary/aromatic N) is 1. The standard InChI is InChI=1S/C22H26N2O4/c25-22(21-16-24(9-12-28-21)15-17-5-2-1-3-6-17)23-14-18-7-8-19-20(13-18)27-11-4-10-26-19/h1-3,5-8,13,21H,4,9-12,14-16H2,(H,23,25). The molecule has 1 N–H and O–H groups in total. The summed E-state index contributed by atoms with van der Waals surface area (Å²) in [7, 11) is 0. The normalized spacial score (nSPS) is 19.6. The number of nitrogens with one attached hydrogen (secondary N) is 1. The van der Waals surface area contributed by atoms with Crippen LogP contribution in [0.2, 0.25) is 0 Å². The van der Waals surface area contributed by atoms with E-state index in [1.54, 1.807) is 0 Å². The number of carbonyl (C=O) groups is 1. The lowest BCUT2D eigenvalue weighted by molar-refractivity contribution is -0.139. The Morgan fingerprint density at radius 3 is 2.68 bits per heavy atom. The number of benzene rings is 2. The molecule has 0 radical (unpaired) electrons. The van der Waals surface area contributed by atoms with Gasteiger partial charge in [-0.3, -0.25) is 9.69 Å². The Morgan fingerprint density at radius 2 is 1.82 bits per heavy atom. The summed E-state index contributed by atoms with van der Waals surface area (Å²) in [6, 6.07) is 16.1. The van der Waals surface area contributed by atoms with Gasteiger partial charge in [0.2, 0.25) is 0 Å². The Kier molecular flexibility index (Phi) is 6.09.